The highest BCUT2D eigenvalue weighted by molar-refractivity contribution is 5.94. The second-order valence-electron chi connectivity index (χ2n) is 9.96. The van der Waals surface area contributed by atoms with Crippen molar-refractivity contribution in [1.29, 1.82) is 0 Å². The first-order chi connectivity index (χ1) is 16.2. The normalized spacial score (nSPS) is 25.7. The molecule has 3 saturated heterocycles. The molecule has 9 heteroatoms. The number of carbonyl (C=O) groups is 4. The van der Waals surface area contributed by atoms with Crippen molar-refractivity contribution >= 4 is 29.9 Å². The van der Waals surface area contributed by atoms with Gasteiger partial charge in [-0.1, -0.05) is 13.8 Å². The lowest BCUT2D eigenvalue weighted by Crippen LogP contribution is -2.67. The number of pyridine rings is 1. The number of fused-ring (bicyclic) bond motifs is 4. The molecule has 0 spiro atoms. The average molecular weight is 473 g/mol. The fraction of sp³-hybridized carbons (Fsp3) is 0.640. The Labute approximate surface area is 200 Å². The monoisotopic (exact) mass is 472 g/mol. The number of piperidine rings is 3. The Kier molecular flexibility index (Phi) is 8.63. The number of rotatable bonds is 6. The summed E-state index contributed by atoms with van der Waals surface area (Å²) in [5, 5.41) is 10.00. The number of ketones is 1. The van der Waals surface area contributed by atoms with Crippen LogP contribution < -0.4 is 10.2 Å². The van der Waals surface area contributed by atoms with Gasteiger partial charge in [-0.25, -0.2) is 4.98 Å². The van der Waals surface area contributed by atoms with Crippen molar-refractivity contribution in [2.45, 2.75) is 65.0 Å². The fourth-order valence-corrected chi connectivity index (χ4v) is 5.70. The van der Waals surface area contributed by atoms with E-state index in [2.05, 4.69) is 20.1 Å². The van der Waals surface area contributed by atoms with Gasteiger partial charge in [0, 0.05) is 50.3 Å². The first kappa shape index (κ1) is 25.6. The molecule has 0 aromatic carbocycles. The lowest BCUT2D eigenvalue weighted by atomic mass is 9.72. The van der Waals surface area contributed by atoms with Crippen LogP contribution in [0.4, 0.5) is 5.82 Å². The molecule has 1 aromatic rings. The van der Waals surface area contributed by atoms with Crippen molar-refractivity contribution in [3.63, 3.8) is 0 Å². The van der Waals surface area contributed by atoms with Crippen LogP contribution in [0.25, 0.3) is 0 Å². The molecule has 2 N–H and O–H groups in total. The highest BCUT2D eigenvalue weighted by Gasteiger charge is 2.49. The number of hydrogen-bond acceptors (Lipinski definition) is 6. The van der Waals surface area contributed by atoms with Gasteiger partial charge >= 0.3 is 0 Å². The molecule has 4 heterocycles. The summed E-state index contributed by atoms with van der Waals surface area (Å²) in [4.78, 5) is 54.4. The molecular formula is C25H36N4O5. The van der Waals surface area contributed by atoms with E-state index in [1.165, 1.54) is 0 Å². The maximum Gasteiger partial charge on any atom is 0.290 e. The minimum Gasteiger partial charge on any atom is -0.483 e. The van der Waals surface area contributed by atoms with E-state index in [1.54, 1.807) is 19.2 Å². The third kappa shape index (κ3) is 5.93. The molecule has 2 bridgehead atoms. The molecule has 0 saturated carbocycles. The van der Waals surface area contributed by atoms with Crippen molar-refractivity contribution in [2.24, 2.45) is 17.8 Å². The second-order valence-corrected chi connectivity index (χ2v) is 9.96. The summed E-state index contributed by atoms with van der Waals surface area (Å²) in [5.74, 6) is 2.15. The Balaban J connectivity index is 0.00000103. The number of amides is 2. The summed E-state index contributed by atoms with van der Waals surface area (Å²) in [6.45, 7) is 7.55. The van der Waals surface area contributed by atoms with Crippen molar-refractivity contribution in [3.05, 3.63) is 23.9 Å². The highest BCUT2D eigenvalue weighted by atomic mass is 16.3. The third-order valence-electron chi connectivity index (χ3n) is 7.07. The van der Waals surface area contributed by atoms with Crippen LogP contribution in [0.15, 0.2) is 18.3 Å². The van der Waals surface area contributed by atoms with Crippen LogP contribution in [0.3, 0.4) is 0 Å². The minimum atomic E-state index is -0.250. The van der Waals surface area contributed by atoms with Gasteiger partial charge in [-0.15, -0.1) is 0 Å². The summed E-state index contributed by atoms with van der Waals surface area (Å²) in [6, 6.07) is 3.88. The molecule has 2 amide bonds. The number of carboxylic acid groups (broad SMARTS) is 1. The van der Waals surface area contributed by atoms with Gasteiger partial charge in [-0.05, 0) is 56.1 Å². The third-order valence-corrected chi connectivity index (χ3v) is 7.07. The Morgan fingerprint density at radius 3 is 2.68 bits per heavy atom. The number of anilines is 1. The number of nitrogens with zero attached hydrogens (tertiary/aromatic N) is 3. The maximum atomic E-state index is 12.9. The molecule has 4 rings (SSSR count). The van der Waals surface area contributed by atoms with E-state index in [1.807, 2.05) is 19.9 Å². The zero-order valence-electron chi connectivity index (χ0n) is 20.3. The minimum absolute atomic E-state index is 0.0175. The molecule has 186 valence electrons. The van der Waals surface area contributed by atoms with E-state index in [0.29, 0.717) is 36.8 Å². The van der Waals surface area contributed by atoms with Crippen molar-refractivity contribution in [1.82, 2.24) is 15.2 Å². The largest absolute Gasteiger partial charge is 0.483 e. The molecule has 0 radical (unpaired) electrons. The number of hydrogen-bond donors (Lipinski definition) is 2. The van der Waals surface area contributed by atoms with Crippen molar-refractivity contribution in [3.8, 4) is 0 Å². The van der Waals surface area contributed by atoms with Crippen LogP contribution in [0, 0.1) is 17.8 Å². The maximum absolute atomic E-state index is 12.9. The van der Waals surface area contributed by atoms with Gasteiger partial charge in [0.25, 0.3) is 6.47 Å². The Morgan fingerprint density at radius 2 is 2.00 bits per heavy atom. The topological polar surface area (TPSA) is 120 Å². The molecule has 3 aliphatic heterocycles. The van der Waals surface area contributed by atoms with E-state index in [9.17, 15) is 14.4 Å². The standard InChI is InChI=1S/C24H34N4O3.CH2O2/c1-15(2)9-23(30)26-12-21-19-10-18(20-5-4-6-24(31)28(20)21)13-27(14-19)22-11-17(16(3)29)7-8-25-22;2-1-3/h7-8,11,15,18-21H,4-6,9-10,12-14H2,1-3H3,(H,26,30);1H,(H,2,3)/t18-,19+,20+,21+;/m1./s1. The summed E-state index contributed by atoms with van der Waals surface area (Å²) in [5.41, 5.74) is 0.674. The Bertz CT molecular complexity index is 905. The smallest absolute Gasteiger partial charge is 0.290 e. The predicted molar refractivity (Wildman–Crippen MR) is 127 cm³/mol. The Hall–Kier alpha value is -2.97. The summed E-state index contributed by atoms with van der Waals surface area (Å²) >= 11 is 0. The van der Waals surface area contributed by atoms with Crippen molar-refractivity contribution in [2.75, 3.05) is 24.5 Å². The van der Waals surface area contributed by atoms with Gasteiger partial charge in [-0.2, -0.15) is 0 Å². The van der Waals surface area contributed by atoms with E-state index in [-0.39, 0.29) is 42.1 Å². The Morgan fingerprint density at radius 1 is 1.29 bits per heavy atom. The fourth-order valence-electron chi connectivity index (χ4n) is 5.70. The predicted octanol–water partition coefficient (Wildman–Crippen LogP) is 2.35. The van der Waals surface area contributed by atoms with Crippen LogP contribution in [0.2, 0.25) is 0 Å². The molecule has 3 aliphatic rings. The molecule has 34 heavy (non-hydrogen) atoms. The van der Waals surface area contributed by atoms with E-state index < -0.39 is 0 Å². The quantitative estimate of drug-likeness (QED) is 0.482. The molecule has 4 atom stereocenters. The molecule has 1 aromatic heterocycles. The van der Waals surface area contributed by atoms with Crippen LogP contribution in [-0.2, 0) is 14.4 Å². The van der Waals surface area contributed by atoms with Gasteiger partial charge in [0.15, 0.2) is 5.78 Å². The number of nitrogens with one attached hydrogen (secondary N) is 1. The molecule has 9 nitrogen and oxygen atoms in total. The van der Waals surface area contributed by atoms with Crippen LogP contribution in [0.5, 0.6) is 0 Å². The molecule has 3 fully saturated rings. The van der Waals surface area contributed by atoms with Gasteiger partial charge in [0.1, 0.15) is 5.82 Å². The number of carbonyl (C=O) groups excluding carboxylic acids is 3. The van der Waals surface area contributed by atoms with Crippen LogP contribution in [-0.4, -0.2) is 70.8 Å². The summed E-state index contributed by atoms with van der Waals surface area (Å²) < 4.78 is 0. The van der Waals surface area contributed by atoms with Gasteiger partial charge < -0.3 is 20.2 Å². The SMILES string of the molecule is CC(=O)c1ccnc(N2C[C@H]3C[C@@H](C2)[C@H](CNC(=O)CC(C)C)N2C(=O)CCC[C@@H]32)c1.O=CO. The van der Waals surface area contributed by atoms with E-state index in [0.717, 1.165) is 38.2 Å². The first-order valence-corrected chi connectivity index (χ1v) is 12.1. The summed E-state index contributed by atoms with van der Waals surface area (Å²) in [6.07, 6.45) is 5.85. The van der Waals surface area contributed by atoms with E-state index >= 15 is 0 Å². The van der Waals surface area contributed by atoms with Gasteiger partial charge in [0.2, 0.25) is 11.8 Å². The zero-order valence-corrected chi connectivity index (χ0v) is 20.3. The number of aromatic nitrogens is 1. The average Bonchev–Trinajstić information content (AvgIpc) is 2.79. The molecular weight excluding hydrogens is 436 g/mol. The highest BCUT2D eigenvalue weighted by Crippen LogP contribution is 2.42. The van der Waals surface area contributed by atoms with Gasteiger partial charge in [-0.3, -0.25) is 19.2 Å². The molecule has 0 unspecified atom stereocenters. The second kappa shape index (κ2) is 11.4. The number of Topliss-reactive ketones (excluding diaryl/α,β-unsaturated/α-hetero) is 1. The van der Waals surface area contributed by atoms with E-state index in [4.69, 9.17) is 9.90 Å². The lowest BCUT2D eigenvalue weighted by molar-refractivity contribution is -0.149. The summed E-state index contributed by atoms with van der Waals surface area (Å²) in [7, 11) is 0. The first-order valence-electron chi connectivity index (χ1n) is 12.1. The van der Waals surface area contributed by atoms with Gasteiger partial charge in [0.05, 0.1) is 6.04 Å². The van der Waals surface area contributed by atoms with Crippen LogP contribution >= 0.6 is 0 Å². The van der Waals surface area contributed by atoms with Crippen LogP contribution in [0.1, 0.15) is 63.2 Å². The lowest BCUT2D eigenvalue weighted by Gasteiger charge is -2.56. The molecule has 0 aliphatic carbocycles. The zero-order chi connectivity index (χ0) is 24.8. The van der Waals surface area contributed by atoms with Crippen molar-refractivity contribution < 1.29 is 24.3 Å².